The van der Waals surface area contributed by atoms with Crippen LogP contribution in [0.2, 0.25) is 0 Å². The summed E-state index contributed by atoms with van der Waals surface area (Å²) in [6, 6.07) is 15.9. The number of aryl methyl sites for hydroxylation is 1. The lowest BCUT2D eigenvalue weighted by Crippen LogP contribution is -2.06. The zero-order valence-corrected chi connectivity index (χ0v) is 14.4. The Kier molecular flexibility index (Phi) is 4.96. The first-order valence-corrected chi connectivity index (χ1v) is 8.57. The van der Waals surface area contributed by atoms with Crippen molar-refractivity contribution in [1.82, 2.24) is 14.8 Å². The van der Waals surface area contributed by atoms with Gasteiger partial charge < -0.3 is 5.32 Å². The van der Waals surface area contributed by atoms with Crippen molar-refractivity contribution < 1.29 is 4.79 Å². The minimum absolute atomic E-state index is 0.0925. The number of hydrogen-bond donors (Lipinski definition) is 1. The third-order valence-corrected chi connectivity index (χ3v) is 4.57. The molecule has 0 aliphatic rings. The van der Waals surface area contributed by atoms with E-state index in [0.29, 0.717) is 0 Å². The highest BCUT2D eigenvalue weighted by Crippen LogP contribution is 2.25. The number of carbonyl (C=O) groups excluding carboxylic acids is 1. The molecule has 0 atom stereocenters. The van der Waals surface area contributed by atoms with Crippen molar-refractivity contribution in [3.8, 4) is 5.69 Å². The second-order valence-electron chi connectivity index (χ2n) is 5.43. The van der Waals surface area contributed by atoms with Gasteiger partial charge in [-0.3, -0.25) is 9.36 Å². The smallest absolute Gasteiger partial charge is 0.221 e. The van der Waals surface area contributed by atoms with E-state index in [1.165, 1.54) is 18.1 Å². The van der Waals surface area contributed by atoms with Crippen LogP contribution in [0.1, 0.15) is 18.1 Å². The SMILES string of the molecule is CC(=O)Nc1cccc(-n2cnnc2SCc2ccccc2C)c1. The molecule has 0 bridgehead atoms. The average Bonchev–Trinajstić information content (AvgIpc) is 3.02. The summed E-state index contributed by atoms with van der Waals surface area (Å²) < 4.78 is 1.92. The fourth-order valence-corrected chi connectivity index (χ4v) is 3.36. The van der Waals surface area contributed by atoms with Crippen molar-refractivity contribution in [2.45, 2.75) is 24.8 Å². The molecule has 0 saturated heterocycles. The van der Waals surface area contributed by atoms with Crippen molar-refractivity contribution in [2.75, 3.05) is 5.32 Å². The van der Waals surface area contributed by atoms with E-state index in [0.717, 1.165) is 22.3 Å². The molecule has 0 fully saturated rings. The van der Waals surface area contributed by atoms with Crippen LogP contribution in [-0.4, -0.2) is 20.7 Å². The fraction of sp³-hybridized carbons (Fsp3) is 0.167. The Morgan fingerprint density at radius 1 is 1.21 bits per heavy atom. The summed E-state index contributed by atoms with van der Waals surface area (Å²) in [6.45, 7) is 3.60. The molecule has 0 aliphatic heterocycles. The lowest BCUT2D eigenvalue weighted by Gasteiger charge is -2.09. The van der Waals surface area contributed by atoms with Crippen LogP contribution in [-0.2, 0) is 10.5 Å². The van der Waals surface area contributed by atoms with E-state index in [4.69, 9.17) is 0 Å². The summed E-state index contributed by atoms with van der Waals surface area (Å²) in [7, 11) is 0. The Hall–Kier alpha value is -2.60. The third kappa shape index (κ3) is 3.83. The summed E-state index contributed by atoms with van der Waals surface area (Å²) in [5.74, 6) is 0.738. The van der Waals surface area contributed by atoms with E-state index in [1.54, 1.807) is 18.1 Å². The van der Waals surface area contributed by atoms with Crippen LogP contribution in [0.3, 0.4) is 0 Å². The van der Waals surface area contributed by atoms with Crippen molar-refractivity contribution in [3.63, 3.8) is 0 Å². The number of hydrogen-bond acceptors (Lipinski definition) is 4. The van der Waals surface area contributed by atoms with Gasteiger partial charge in [-0.05, 0) is 36.2 Å². The highest BCUT2D eigenvalue weighted by molar-refractivity contribution is 7.98. The Bertz CT molecular complexity index is 859. The Morgan fingerprint density at radius 3 is 2.83 bits per heavy atom. The summed E-state index contributed by atoms with van der Waals surface area (Å²) in [6.07, 6.45) is 1.69. The van der Waals surface area contributed by atoms with Crippen molar-refractivity contribution in [3.05, 3.63) is 66.0 Å². The Balaban J connectivity index is 1.80. The van der Waals surface area contributed by atoms with Crippen LogP contribution in [0.5, 0.6) is 0 Å². The van der Waals surface area contributed by atoms with Gasteiger partial charge in [0.05, 0.1) is 5.69 Å². The molecule has 0 unspecified atom stereocenters. The molecule has 0 aliphatic carbocycles. The molecule has 0 saturated carbocycles. The van der Waals surface area contributed by atoms with Gasteiger partial charge in [-0.1, -0.05) is 42.1 Å². The maximum absolute atomic E-state index is 11.2. The van der Waals surface area contributed by atoms with Gasteiger partial charge in [-0.2, -0.15) is 0 Å². The van der Waals surface area contributed by atoms with E-state index in [-0.39, 0.29) is 5.91 Å². The van der Waals surface area contributed by atoms with Gasteiger partial charge in [0.1, 0.15) is 6.33 Å². The molecule has 1 aromatic heterocycles. The van der Waals surface area contributed by atoms with Crippen LogP contribution in [0.15, 0.2) is 60.0 Å². The van der Waals surface area contributed by atoms with E-state index in [2.05, 4.69) is 34.6 Å². The number of aromatic nitrogens is 3. The molecule has 0 radical (unpaired) electrons. The van der Waals surface area contributed by atoms with Gasteiger partial charge in [0.25, 0.3) is 0 Å². The summed E-state index contributed by atoms with van der Waals surface area (Å²) in [5.41, 5.74) is 4.22. The number of rotatable bonds is 5. The number of nitrogens with zero attached hydrogens (tertiary/aromatic N) is 3. The predicted molar refractivity (Wildman–Crippen MR) is 96.4 cm³/mol. The van der Waals surface area contributed by atoms with Crippen LogP contribution in [0.4, 0.5) is 5.69 Å². The first-order chi connectivity index (χ1) is 11.6. The van der Waals surface area contributed by atoms with Crippen LogP contribution in [0.25, 0.3) is 5.69 Å². The predicted octanol–water partition coefficient (Wildman–Crippen LogP) is 3.83. The molecule has 1 N–H and O–H groups in total. The number of nitrogens with one attached hydrogen (secondary N) is 1. The van der Waals surface area contributed by atoms with E-state index in [9.17, 15) is 4.79 Å². The number of thioether (sulfide) groups is 1. The Labute approximate surface area is 145 Å². The monoisotopic (exact) mass is 338 g/mol. The third-order valence-electron chi connectivity index (χ3n) is 3.58. The topological polar surface area (TPSA) is 59.8 Å². The van der Waals surface area contributed by atoms with Gasteiger partial charge >= 0.3 is 0 Å². The molecule has 1 heterocycles. The zero-order chi connectivity index (χ0) is 16.9. The van der Waals surface area contributed by atoms with Gasteiger partial charge in [0, 0.05) is 18.4 Å². The quantitative estimate of drug-likeness (QED) is 0.718. The van der Waals surface area contributed by atoms with Gasteiger partial charge in [-0.25, -0.2) is 0 Å². The van der Waals surface area contributed by atoms with Crippen LogP contribution < -0.4 is 5.32 Å². The van der Waals surface area contributed by atoms with Gasteiger partial charge in [0.2, 0.25) is 5.91 Å². The van der Waals surface area contributed by atoms with Crippen molar-refractivity contribution >= 4 is 23.4 Å². The standard InChI is InChI=1S/C18H18N4OS/c1-13-6-3-4-7-15(13)11-24-18-21-19-12-22(18)17-9-5-8-16(10-17)20-14(2)23/h3-10,12H,11H2,1-2H3,(H,20,23). The molecule has 6 heteroatoms. The number of amides is 1. The number of carbonyl (C=O) groups is 1. The maximum atomic E-state index is 11.2. The highest BCUT2D eigenvalue weighted by Gasteiger charge is 2.09. The number of anilines is 1. The molecular weight excluding hydrogens is 320 g/mol. The second-order valence-corrected chi connectivity index (χ2v) is 6.37. The normalized spacial score (nSPS) is 10.6. The molecule has 24 heavy (non-hydrogen) atoms. The summed E-state index contributed by atoms with van der Waals surface area (Å²) >= 11 is 1.64. The van der Waals surface area contributed by atoms with E-state index >= 15 is 0 Å². The van der Waals surface area contributed by atoms with Gasteiger partial charge in [0.15, 0.2) is 5.16 Å². The minimum atomic E-state index is -0.0925. The van der Waals surface area contributed by atoms with E-state index < -0.39 is 0 Å². The average molecular weight is 338 g/mol. The maximum Gasteiger partial charge on any atom is 0.221 e. The zero-order valence-electron chi connectivity index (χ0n) is 13.6. The minimum Gasteiger partial charge on any atom is -0.326 e. The molecule has 3 aromatic rings. The number of benzene rings is 2. The first kappa shape index (κ1) is 16.3. The largest absolute Gasteiger partial charge is 0.326 e. The summed E-state index contributed by atoms with van der Waals surface area (Å²) in [5, 5.41) is 11.9. The molecule has 1 amide bonds. The molecular formula is C18H18N4OS. The van der Waals surface area contributed by atoms with Crippen molar-refractivity contribution in [1.29, 1.82) is 0 Å². The molecule has 122 valence electrons. The van der Waals surface area contributed by atoms with Gasteiger partial charge in [-0.15, -0.1) is 10.2 Å². The van der Waals surface area contributed by atoms with Crippen LogP contribution >= 0.6 is 11.8 Å². The highest BCUT2D eigenvalue weighted by atomic mass is 32.2. The molecule has 5 nitrogen and oxygen atoms in total. The molecule has 2 aromatic carbocycles. The Morgan fingerprint density at radius 2 is 2.04 bits per heavy atom. The fourth-order valence-electron chi connectivity index (χ4n) is 2.35. The molecule has 3 rings (SSSR count). The summed E-state index contributed by atoms with van der Waals surface area (Å²) in [4.78, 5) is 11.2. The lowest BCUT2D eigenvalue weighted by molar-refractivity contribution is -0.114. The van der Waals surface area contributed by atoms with Crippen molar-refractivity contribution in [2.24, 2.45) is 0 Å². The lowest BCUT2D eigenvalue weighted by atomic mass is 10.1. The second kappa shape index (κ2) is 7.31. The first-order valence-electron chi connectivity index (χ1n) is 7.59. The molecule has 0 spiro atoms. The van der Waals surface area contributed by atoms with E-state index in [1.807, 2.05) is 41.0 Å². The van der Waals surface area contributed by atoms with Crippen LogP contribution in [0, 0.1) is 6.92 Å².